The van der Waals surface area contributed by atoms with Crippen molar-refractivity contribution in [1.29, 1.82) is 0 Å². The maximum atomic E-state index is 12.3. The van der Waals surface area contributed by atoms with Crippen LogP contribution in [0.3, 0.4) is 0 Å². The van der Waals surface area contributed by atoms with E-state index in [0.717, 1.165) is 6.92 Å². The molecule has 0 unspecified atom stereocenters. The molecule has 6 N–H and O–H groups in total. The largest absolute Gasteiger partial charge is 0.481 e. The van der Waals surface area contributed by atoms with Gasteiger partial charge in [0.2, 0.25) is 17.7 Å². The van der Waals surface area contributed by atoms with Gasteiger partial charge < -0.3 is 20.8 Å². The van der Waals surface area contributed by atoms with E-state index in [-0.39, 0.29) is 32.6 Å². The third-order valence-electron chi connectivity index (χ3n) is 4.25. The van der Waals surface area contributed by atoms with Gasteiger partial charge >= 0.3 is 5.97 Å². The minimum absolute atomic E-state index is 0.0318. The molecule has 0 spiro atoms. The minimum Gasteiger partial charge on any atom is -0.481 e. The Hall–Kier alpha value is -2.77. The van der Waals surface area contributed by atoms with Crippen molar-refractivity contribution in [3.8, 4) is 0 Å². The zero-order valence-electron chi connectivity index (χ0n) is 17.8. The van der Waals surface area contributed by atoms with Gasteiger partial charge in [0.15, 0.2) is 5.60 Å². The van der Waals surface area contributed by atoms with Gasteiger partial charge in [-0.05, 0) is 25.7 Å². The van der Waals surface area contributed by atoms with Crippen molar-refractivity contribution >= 4 is 29.6 Å². The summed E-state index contributed by atoms with van der Waals surface area (Å²) in [5.41, 5.74) is -2.45. The lowest BCUT2D eigenvalue weighted by Gasteiger charge is -2.25. The van der Waals surface area contributed by atoms with Crippen LogP contribution < -0.4 is 10.6 Å². The van der Waals surface area contributed by atoms with Crippen molar-refractivity contribution < 1.29 is 44.6 Å². The van der Waals surface area contributed by atoms with Crippen LogP contribution in [0.2, 0.25) is 0 Å². The number of unbranched alkanes of at least 4 members (excludes halogenated alkanes) is 2. The molecule has 0 radical (unpaired) electrons. The molecule has 0 aliphatic carbocycles. The number of amides is 4. The van der Waals surface area contributed by atoms with Gasteiger partial charge in [-0.15, -0.1) is 0 Å². The van der Waals surface area contributed by atoms with Crippen molar-refractivity contribution in [3.05, 3.63) is 0 Å². The van der Waals surface area contributed by atoms with Gasteiger partial charge in [0, 0.05) is 33.5 Å². The highest BCUT2D eigenvalue weighted by atomic mass is 16.5. The number of hydrogen-bond acceptors (Lipinski definition) is 8. The fourth-order valence-electron chi connectivity index (χ4n) is 2.50. The molecule has 31 heavy (non-hydrogen) atoms. The number of hydrogen-bond donors (Lipinski definition) is 6. The van der Waals surface area contributed by atoms with Crippen LogP contribution in [-0.4, -0.2) is 92.1 Å². The van der Waals surface area contributed by atoms with Crippen LogP contribution in [0.15, 0.2) is 0 Å². The number of carbonyl (C=O) groups is 5. The molecule has 0 aromatic carbocycles. The Bertz CT molecular complexity index is 644. The summed E-state index contributed by atoms with van der Waals surface area (Å²) < 4.78 is 0. The highest BCUT2D eigenvalue weighted by Gasteiger charge is 2.40. The average Bonchev–Trinajstić information content (AvgIpc) is 2.66. The molecular formula is C18H32N4O9. The Morgan fingerprint density at radius 3 is 1.81 bits per heavy atom. The maximum absolute atomic E-state index is 12.3. The SMILES string of the molecule is CC(=O)N(O)CCCCCNC(=O)[C@](O)(CC(=O)O)CC(=O)NCCCN(O)C(C)=O. The standard InChI is InChI=1S/C18H32N4O9/c1-13(23)21(30)9-5-3-4-7-20-17(28)18(29,12-16(26)27)11-15(25)19-8-6-10-22(31)14(2)24/h29-31H,3-12H2,1-2H3,(H,19,25)(H,20,28)(H,26,27)/t18-/m1/s1. The third-order valence-corrected chi connectivity index (χ3v) is 4.25. The summed E-state index contributed by atoms with van der Waals surface area (Å²) in [4.78, 5) is 57.1. The zero-order chi connectivity index (χ0) is 24.0. The summed E-state index contributed by atoms with van der Waals surface area (Å²) in [5.74, 6) is -4.28. The third kappa shape index (κ3) is 12.5. The summed E-state index contributed by atoms with van der Waals surface area (Å²) >= 11 is 0. The summed E-state index contributed by atoms with van der Waals surface area (Å²) in [6.07, 6.45) is -0.0774. The number of aliphatic hydroxyl groups is 1. The number of carbonyl (C=O) groups excluding carboxylic acids is 4. The quantitative estimate of drug-likeness (QED) is 0.102. The average molecular weight is 448 g/mol. The van der Waals surface area contributed by atoms with E-state index in [1.54, 1.807) is 0 Å². The summed E-state index contributed by atoms with van der Waals surface area (Å²) in [6.45, 7) is 2.62. The number of nitrogens with one attached hydrogen (secondary N) is 2. The Balaban J connectivity index is 4.47. The van der Waals surface area contributed by atoms with Crippen LogP contribution in [0.4, 0.5) is 0 Å². The molecular weight excluding hydrogens is 416 g/mol. The van der Waals surface area contributed by atoms with E-state index in [0.29, 0.717) is 29.4 Å². The van der Waals surface area contributed by atoms with E-state index < -0.39 is 48.0 Å². The van der Waals surface area contributed by atoms with E-state index in [1.807, 2.05) is 0 Å². The van der Waals surface area contributed by atoms with E-state index in [1.165, 1.54) is 6.92 Å². The van der Waals surface area contributed by atoms with Crippen molar-refractivity contribution in [2.24, 2.45) is 0 Å². The molecule has 0 rings (SSSR count). The normalized spacial score (nSPS) is 12.4. The van der Waals surface area contributed by atoms with Crippen LogP contribution >= 0.6 is 0 Å². The first-order valence-electron chi connectivity index (χ1n) is 9.82. The Labute approximate surface area is 179 Å². The number of nitrogens with zero attached hydrogens (tertiary/aromatic N) is 2. The van der Waals surface area contributed by atoms with E-state index in [4.69, 9.17) is 5.11 Å². The molecule has 178 valence electrons. The van der Waals surface area contributed by atoms with E-state index >= 15 is 0 Å². The smallest absolute Gasteiger partial charge is 0.306 e. The van der Waals surface area contributed by atoms with Crippen molar-refractivity contribution in [2.75, 3.05) is 26.2 Å². The van der Waals surface area contributed by atoms with Crippen LogP contribution in [-0.2, 0) is 24.0 Å². The zero-order valence-corrected chi connectivity index (χ0v) is 17.8. The summed E-state index contributed by atoms with van der Waals surface area (Å²) in [7, 11) is 0. The summed E-state index contributed by atoms with van der Waals surface area (Å²) in [5, 5.41) is 43.7. The van der Waals surface area contributed by atoms with Crippen LogP contribution in [0, 0.1) is 0 Å². The fraction of sp³-hybridized carbons (Fsp3) is 0.722. The van der Waals surface area contributed by atoms with Gasteiger partial charge in [-0.1, -0.05) is 0 Å². The van der Waals surface area contributed by atoms with Crippen LogP contribution in [0.5, 0.6) is 0 Å². The first-order valence-corrected chi connectivity index (χ1v) is 9.82. The van der Waals surface area contributed by atoms with Gasteiger partial charge in [-0.3, -0.25) is 34.4 Å². The van der Waals surface area contributed by atoms with Gasteiger partial charge in [-0.25, -0.2) is 10.1 Å². The molecule has 0 aliphatic rings. The van der Waals surface area contributed by atoms with Gasteiger partial charge in [-0.2, -0.15) is 0 Å². The highest BCUT2D eigenvalue weighted by molar-refractivity contribution is 5.94. The molecule has 1 atom stereocenters. The minimum atomic E-state index is -2.45. The lowest BCUT2D eigenvalue weighted by molar-refractivity contribution is -0.163. The molecule has 0 bridgehead atoms. The van der Waals surface area contributed by atoms with Crippen molar-refractivity contribution in [2.45, 2.75) is 58.0 Å². The predicted octanol–water partition coefficient (Wildman–Crippen LogP) is -1.15. The topological polar surface area (TPSA) is 197 Å². The lowest BCUT2D eigenvalue weighted by Crippen LogP contribution is -2.51. The van der Waals surface area contributed by atoms with Gasteiger partial charge in [0.05, 0.1) is 19.4 Å². The van der Waals surface area contributed by atoms with Crippen LogP contribution in [0.1, 0.15) is 52.4 Å². The first kappa shape index (κ1) is 28.2. The molecule has 0 fully saturated rings. The fourth-order valence-corrected chi connectivity index (χ4v) is 2.50. The van der Waals surface area contributed by atoms with Gasteiger partial charge in [0.25, 0.3) is 5.91 Å². The molecule has 0 aliphatic heterocycles. The van der Waals surface area contributed by atoms with Crippen LogP contribution in [0.25, 0.3) is 0 Å². The summed E-state index contributed by atoms with van der Waals surface area (Å²) in [6, 6.07) is 0. The van der Waals surface area contributed by atoms with Crippen molar-refractivity contribution in [3.63, 3.8) is 0 Å². The second kappa shape index (κ2) is 14.3. The highest BCUT2D eigenvalue weighted by Crippen LogP contribution is 2.16. The number of aliphatic carboxylic acids is 1. The number of carboxylic acid groups (broad SMARTS) is 1. The molecule has 0 saturated heterocycles. The molecule has 4 amide bonds. The monoisotopic (exact) mass is 448 g/mol. The molecule has 0 aromatic heterocycles. The number of carboxylic acids is 1. The predicted molar refractivity (Wildman–Crippen MR) is 105 cm³/mol. The number of hydroxylamine groups is 4. The van der Waals surface area contributed by atoms with E-state index in [2.05, 4.69) is 10.6 Å². The molecule has 13 heteroatoms. The van der Waals surface area contributed by atoms with Gasteiger partial charge in [0.1, 0.15) is 0 Å². The van der Waals surface area contributed by atoms with E-state index in [9.17, 15) is 39.5 Å². The second-order valence-corrected chi connectivity index (χ2v) is 7.08. The Morgan fingerprint density at radius 2 is 1.29 bits per heavy atom. The second-order valence-electron chi connectivity index (χ2n) is 7.08. The van der Waals surface area contributed by atoms with Crippen molar-refractivity contribution in [1.82, 2.24) is 20.8 Å². The first-order chi connectivity index (χ1) is 14.4. The lowest BCUT2D eigenvalue weighted by atomic mass is 9.93. The maximum Gasteiger partial charge on any atom is 0.306 e. The Morgan fingerprint density at radius 1 is 0.774 bits per heavy atom. The molecule has 0 heterocycles. The molecule has 13 nitrogen and oxygen atoms in total. The molecule has 0 aromatic rings. The number of rotatable bonds is 15. The Kier molecular flexibility index (Phi) is 13.0. The molecule has 0 saturated carbocycles.